The molecule has 3 aromatic carbocycles. The Morgan fingerprint density at radius 3 is 1.54 bits per heavy atom. The minimum atomic E-state index is -0.743. The number of carbonyl (C=O) groups excluding carboxylic acids is 2. The van der Waals surface area contributed by atoms with Crippen LogP contribution in [0.25, 0.3) is 0 Å². The highest BCUT2D eigenvalue weighted by molar-refractivity contribution is 5.74. The Balaban J connectivity index is 2.19. The third-order valence-corrected chi connectivity index (χ3v) is 4.89. The van der Waals surface area contributed by atoms with Gasteiger partial charge in [0.15, 0.2) is 0 Å². The van der Waals surface area contributed by atoms with Gasteiger partial charge >= 0.3 is 0 Å². The molecule has 0 spiro atoms. The maximum atomic E-state index is 11.9. The van der Waals surface area contributed by atoms with Crippen LogP contribution in [-0.2, 0) is 15.1 Å². The second-order valence-corrected chi connectivity index (χ2v) is 6.74. The number of carbonyl (C=O) groups is 2. The predicted molar refractivity (Wildman–Crippen MR) is 111 cm³/mol. The van der Waals surface area contributed by atoms with E-state index in [1.165, 1.54) is 0 Å². The molecule has 0 aliphatic rings. The van der Waals surface area contributed by atoms with Crippen molar-refractivity contribution in [2.75, 3.05) is 0 Å². The second-order valence-electron chi connectivity index (χ2n) is 6.74. The molecule has 4 heteroatoms. The molecule has 0 saturated heterocycles. The Morgan fingerprint density at radius 1 is 0.821 bits per heavy atom. The molecule has 0 aliphatic carbocycles. The average molecular weight is 372 g/mol. The van der Waals surface area contributed by atoms with Gasteiger partial charge in [0.05, 0.1) is 11.6 Å². The quantitative estimate of drug-likeness (QED) is 0.447. The first-order valence-electron chi connectivity index (χ1n) is 9.34. The van der Waals surface area contributed by atoms with E-state index in [1.807, 2.05) is 91.0 Å². The minimum absolute atomic E-state index is 0.144. The maximum Gasteiger partial charge on any atom is 0.217 e. The molecule has 0 bridgehead atoms. The zero-order valence-corrected chi connectivity index (χ0v) is 15.6. The normalized spacial score (nSPS) is 12.3. The number of aldehydes is 1. The van der Waals surface area contributed by atoms with Crippen molar-refractivity contribution in [1.29, 1.82) is 0 Å². The molecule has 0 saturated carbocycles. The molecule has 0 aliphatic heterocycles. The van der Waals surface area contributed by atoms with Gasteiger partial charge in [-0.2, -0.15) is 0 Å². The van der Waals surface area contributed by atoms with Crippen LogP contribution in [0.3, 0.4) is 0 Å². The van der Waals surface area contributed by atoms with Crippen molar-refractivity contribution in [3.05, 3.63) is 108 Å². The fraction of sp³-hybridized carbons (Fsp3) is 0.167. The molecule has 0 unspecified atom stereocenters. The Morgan fingerprint density at radius 2 is 1.21 bits per heavy atom. The van der Waals surface area contributed by atoms with E-state index < -0.39 is 17.5 Å². The summed E-state index contributed by atoms with van der Waals surface area (Å²) in [5.41, 5.74) is 7.60. The summed E-state index contributed by atoms with van der Waals surface area (Å²) in [6, 6.07) is 29.5. The van der Waals surface area contributed by atoms with Gasteiger partial charge in [0.1, 0.15) is 6.29 Å². The molecule has 28 heavy (non-hydrogen) atoms. The second kappa shape index (κ2) is 9.11. The molecule has 3 N–H and O–H groups in total. The Labute approximate surface area is 165 Å². The lowest BCUT2D eigenvalue weighted by Crippen LogP contribution is -2.50. The van der Waals surface area contributed by atoms with Gasteiger partial charge in [0.25, 0.3) is 0 Å². The van der Waals surface area contributed by atoms with Crippen LogP contribution in [0.2, 0.25) is 0 Å². The van der Waals surface area contributed by atoms with E-state index in [0.717, 1.165) is 23.0 Å². The van der Waals surface area contributed by atoms with Gasteiger partial charge in [-0.05, 0) is 23.1 Å². The van der Waals surface area contributed by atoms with Crippen molar-refractivity contribution in [2.45, 2.75) is 24.4 Å². The molecular weight excluding hydrogens is 348 g/mol. The topological polar surface area (TPSA) is 72.2 Å². The van der Waals surface area contributed by atoms with E-state index in [9.17, 15) is 9.59 Å². The third kappa shape index (κ3) is 4.18. The summed E-state index contributed by atoms with van der Waals surface area (Å²) in [5.74, 6) is -0.418. The zero-order chi connectivity index (χ0) is 19.8. The van der Waals surface area contributed by atoms with Crippen LogP contribution in [0.5, 0.6) is 0 Å². The summed E-state index contributed by atoms with van der Waals surface area (Å²) in [6.07, 6.45) is 1.34. The highest BCUT2D eigenvalue weighted by Gasteiger charge is 2.37. The maximum absolute atomic E-state index is 11.9. The summed E-state index contributed by atoms with van der Waals surface area (Å²) in [5, 5.41) is 3.55. The first kappa shape index (κ1) is 19.5. The summed E-state index contributed by atoms with van der Waals surface area (Å²) in [4.78, 5) is 23.1. The van der Waals surface area contributed by atoms with E-state index >= 15 is 0 Å². The van der Waals surface area contributed by atoms with Gasteiger partial charge in [-0.25, -0.2) is 0 Å². The van der Waals surface area contributed by atoms with E-state index in [0.29, 0.717) is 6.42 Å². The number of amides is 1. The van der Waals surface area contributed by atoms with Crippen LogP contribution in [0.15, 0.2) is 91.0 Å². The van der Waals surface area contributed by atoms with E-state index in [4.69, 9.17) is 5.73 Å². The predicted octanol–water partition coefficient (Wildman–Crippen LogP) is 3.40. The lowest BCUT2D eigenvalue weighted by atomic mass is 9.76. The summed E-state index contributed by atoms with van der Waals surface area (Å²) in [6.45, 7) is 0. The van der Waals surface area contributed by atoms with Crippen LogP contribution in [0.4, 0.5) is 0 Å². The lowest BCUT2D eigenvalue weighted by Gasteiger charge is -2.39. The van der Waals surface area contributed by atoms with Crippen molar-refractivity contribution in [3.63, 3.8) is 0 Å². The molecule has 1 atom stereocenters. The molecule has 3 aromatic rings. The molecule has 3 rings (SSSR count). The van der Waals surface area contributed by atoms with Gasteiger partial charge in [0, 0.05) is 6.42 Å². The minimum Gasteiger partial charge on any atom is -0.370 e. The van der Waals surface area contributed by atoms with Gasteiger partial charge in [-0.3, -0.25) is 10.1 Å². The Kier molecular flexibility index (Phi) is 6.35. The van der Waals surface area contributed by atoms with Crippen LogP contribution < -0.4 is 11.1 Å². The van der Waals surface area contributed by atoms with Crippen LogP contribution >= 0.6 is 0 Å². The van der Waals surface area contributed by atoms with Crippen molar-refractivity contribution < 1.29 is 9.59 Å². The van der Waals surface area contributed by atoms with Gasteiger partial charge < -0.3 is 10.5 Å². The molecule has 0 fully saturated rings. The van der Waals surface area contributed by atoms with E-state index in [1.54, 1.807) is 0 Å². The molecule has 1 amide bonds. The lowest BCUT2D eigenvalue weighted by molar-refractivity contribution is -0.118. The number of rotatable bonds is 9. The average Bonchev–Trinajstić information content (AvgIpc) is 2.76. The smallest absolute Gasteiger partial charge is 0.217 e. The summed E-state index contributed by atoms with van der Waals surface area (Å²) >= 11 is 0. The molecule has 4 nitrogen and oxygen atoms in total. The fourth-order valence-corrected chi connectivity index (χ4v) is 3.56. The molecule has 0 aromatic heterocycles. The monoisotopic (exact) mass is 372 g/mol. The van der Waals surface area contributed by atoms with Crippen LogP contribution in [0.1, 0.15) is 29.5 Å². The number of hydrogen-bond acceptors (Lipinski definition) is 3. The summed E-state index contributed by atoms with van der Waals surface area (Å²) < 4.78 is 0. The Bertz CT molecular complexity index is 799. The molecular formula is C24H24N2O2. The number of benzene rings is 3. The van der Waals surface area contributed by atoms with Crippen molar-refractivity contribution in [2.24, 2.45) is 5.73 Å². The highest BCUT2D eigenvalue weighted by atomic mass is 16.1. The molecule has 0 heterocycles. The number of hydrogen-bond donors (Lipinski definition) is 2. The van der Waals surface area contributed by atoms with Crippen molar-refractivity contribution in [3.8, 4) is 0 Å². The standard InChI is InChI=1S/C24H24N2O2/c25-23(28)17-16-22(18-27)26-24(19-10-4-1-5-11-19,20-12-6-2-7-13-20)21-14-8-3-9-15-21/h1-15,18,22,26H,16-17H2,(H2,25,28)/t22-/m1/s1. The third-order valence-electron chi connectivity index (χ3n) is 4.89. The van der Waals surface area contributed by atoms with Gasteiger partial charge in [-0.1, -0.05) is 91.0 Å². The van der Waals surface area contributed by atoms with Crippen molar-refractivity contribution >= 4 is 12.2 Å². The van der Waals surface area contributed by atoms with Gasteiger partial charge in [-0.15, -0.1) is 0 Å². The number of nitrogens with one attached hydrogen (secondary N) is 1. The largest absolute Gasteiger partial charge is 0.370 e. The van der Waals surface area contributed by atoms with Crippen LogP contribution in [-0.4, -0.2) is 18.2 Å². The number of nitrogens with two attached hydrogens (primary N) is 1. The first-order chi connectivity index (χ1) is 13.7. The SMILES string of the molecule is NC(=O)CC[C@H](C=O)NC(c1ccccc1)(c1ccccc1)c1ccccc1. The van der Waals surface area contributed by atoms with E-state index in [-0.39, 0.29) is 6.42 Å². The van der Waals surface area contributed by atoms with Crippen LogP contribution in [0, 0.1) is 0 Å². The highest BCUT2D eigenvalue weighted by Crippen LogP contribution is 2.37. The fourth-order valence-electron chi connectivity index (χ4n) is 3.56. The number of primary amides is 1. The zero-order valence-electron chi connectivity index (χ0n) is 15.6. The first-order valence-corrected chi connectivity index (χ1v) is 9.34. The Hall–Kier alpha value is -3.24. The van der Waals surface area contributed by atoms with Crippen molar-refractivity contribution in [1.82, 2.24) is 5.32 Å². The summed E-state index contributed by atoms with van der Waals surface area (Å²) in [7, 11) is 0. The molecule has 142 valence electrons. The van der Waals surface area contributed by atoms with E-state index in [2.05, 4.69) is 5.32 Å². The van der Waals surface area contributed by atoms with Gasteiger partial charge in [0.2, 0.25) is 5.91 Å². The molecule has 0 radical (unpaired) electrons.